The second kappa shape index (κ2) is 9.01. The number of aromatic nitrogens is 1. The molecule has 2 atom stereocenters. The molecule has 0 bridgehead atoms. The largest absolute Gasteiger partial charge is 0.421 e. The van der Waals surface area contributed by atoms with Crippen molar-refractivity contribution in [1.29, 1.82) is 0 Å². The number of β-amino-alcohol motifs (C(OH)–C–C–N with tert-alkyl or cyclic N) is 1. The molecule has 0 spiro atoms. The van der Waals surface area contributed by atoms with Crippen LogP contribution >= 0.6 is 0 Å². The van der Waals surface area contributed by atoms with E-state index in [2.05, 4.69) is 10.4 Å². The average Bonchev–Trinajstić information content (AvgIpc) is 3.22. The van der Waals surface area contributed by atoms with Gasteiger partial charge in [0.05, 0.1) is 24.0 Å². The third-order valence-corrected chi connectivity index (χ3v) is 5.67. The van der Waals surface area contributed by atoms with Crippen molar-refractivity contribution in [2.75, 3.05) is 42.6 Å². The Bertz CT molecular complexity index is 954. The van der Waals surface area contributed by atoms with Gasteiger partial charge in [0, 0.05) is 51.3 Å². The number of carbonyl (C=O) groups is 2. The number of amides is 2. The number of fused-ring (bicyclic) bond motifs is 1. The van der Waals surface area contributed by atoms with Gasteiger partial charge in [-0.05, 0) is 30.7 Å². The van der Waals surface area contributed by atoms with E-state index < -0.39 is 6.09 Å². The Morgan fingerprint density at radius 2 is 2.06 bits per heavy atom. The van der Waals surface area contributed by atoms with Crippen LogP contribution in [0.4, 0.5) is 16.2 Å². The lowest BCUT2D eigenvalue weighted by molar-refractivity contribution is -0.117. The number of nitrogens with zero attached hydrogens (tertiary/aromatic N) is 4. The Kier molecular flexibility index (Phi) is 6.17. The normalized spacial score (nSPS) is 21.1. The minimum absolute atomic E-state index is 0.0732. The van der Waals surface area contributed by atoms with Gasteiger partial charge in [-0.3, -0.25) is 15.1 Å². The molecule has 2 aliphatic rings. The molecule has 164 valence electrons. The number of hydrogen-bond acceptors (Lipinski definition) is 7. The van der Waals surface area contributed by atoms with Crippen molar-refractivity contribution >= 4 is 23.4 Å². The van der Waals surface area contributed by atoms with Crippen LogP contribution in [-0.4, -0.2) is 65.9 Å². The second-order valence-electron chi connectivity index (χ2n) is 7.86. The number of pyridine rings is 1. The van der Waals surface area contributed by atoms with Gasteiger partial charge in [0.2, 0.25) is 11.8 Å². The van der Waals surface area contributed by atoms with E-state index in [4.69, 9.17) is 4.74 Å². The molecule has 3 heterocycles. The van der Waals surface area contributed by atoms with Gasteiger partial charge in [-0.25, -0.2) is 14.8 Å². The molecule has 9 heteroatoms. The van der Waals surface area contributed by atoms with Crippen molar-refractivity contribution < 1.29 is 19.4 Å². The van der Waals surface area contributed by atoms with Crippen molar-refractivity contribution in [1.82, 2.24) is 15.4 Å². The minimum atomic E-state index is -0.529. The molecule has 0 aliphatic carbocycles. The van der Waals surface area contributed by atoms with E-state index in [1.54, 1.807) is 34.2 Å². The SMILES string of the molecule is CC(=O)N1c2ccc(C3CNN(CCO)C3)cc2N(C(=O)Oc2ccccn2)C[C@@H]1C. The van der Waals surface area contributed by atoms with E-state index in [0.717, 1.165) is 18.7 Å². The molecule has 31 heavy (non-hydrogen) atoms. The molecule has 1 aromatic heterocycles. The van der Waals surface area contributed by atoms with Gasteiger partial charge >= 0.3 is 6.09 Å². The van der Waals surface area contributed by atoms with Crippen LogP contribution in [-0.2, 0) is 4.79 Å². The van der Waals surface area contributed by atoms with Crippen LogP contribution in [0.15, 0.2) is 42.6 Å². The number of anilines is 2. The predicted octanol–water partition coefficient (Wildman–Crippen LogP) is 1.74. The van der Waals surface area contributed by atoms with E-state index in [9.17, 15) is 14.7 Å². The van der Waals surface area contributed by atoms with Gasteiger partial charge in [-0.15, -0.1) is 0 Å². The van der Waals surface area contributed by atoms with Gasteiger partial charge in [0.25, 0.3) is 0 Å². The molecule has 1 aromatic carbocycles. The van der Waals surface area contributed by atoms with E-state index in [0.29, 0.717) is 24.5 Å². The molecule has 4 rings (SSSR count). The fourth-order valence-electron chi connectivity index (χ4n) is 4.25. The summed E-state index contributed by atoms with van der Waals surface area (Å²) in [5.41, 5.74) is 5.67. The van der Waals surface area contributed by atoms with E-state index in [1.807, 2.05) is 30.1 Å². The zero-order chi connectivity index (χ0) is 22.0. The number of benzene rings is 1. The first-order chi connectivity index (χ1) is 15.0. The smallest absolute Gasteiger partial charge is 0.395 e. The topological polar surface area (TPSA) is 98.2 Å². The third kappa shape index (κ3) is 4.39. The number of nitrogens with one attached hydrogen (secondary N) is 1. The lowest BCUT2D eigenvalue weighted by Gasteiger charge is -2.40. The van der Waals surface area contributed by atoms with Crippen LogP contribution in [0.25, 0.3) is 0 Å². The van der Waals surface area contributed by atoms with Crippen LogP contribution < -0.4 is 20.0 Å². The number of carbonyl (C=O) groups excluding carboxylic acids is 2. The molecule has 2 N–H and O–H groups in total. The highest BCUT2D eigenvalue weighted by atomic mass is 16.6. The first-order valence-electron chi connectivity index (χ1n) is 10.4. The molecule has 9 nitrogen and oxygen atoms in total. The first-order valence-corrected chi connectivity index (χ1v) is 10.4. The Morgan fingerprint density at radius 3 is 2.77 bits per heavy atom. The molecular formula is C22H27N5O4. The third-order valence-electron chi connectivity index (χ3n) is 5.67. The zero-order valence-electron chi connectivity index (χ0n) is 17.7. The highest BCUT2D eigenvalue weighted by molar-refractivity contribution is 6.02. The van der Waals surface area contributed by atoms with Crippen molar-refractivity contribution in [3.63, 3.8) is 0 Å². The van der Waals surface area contributed by atoms with Crippen LogP contribution in [0.1, 0.15) is 25.3 Å². The summed E-state index contributed by atoms with van der Waals surface area (Å²) in [6.07, 6.45) is 1.04. The molecular weight excluding hydrogens is 398 g/mol. The zero-order valence-corrected chi connectivity index (χ0v) is 17.7. The van der Waals surface area contributed by atoms with E-state index in [-0.39, 0.29) is 30.4 Å². The van der Waals surface area contributed by atoms with E-state index >= 15 is 0 Å². The number of ether oxygens (including phenoxy) is 1. The van der Waals surface area contributed by atoms with Gasteiger partial charge in [0.15, 0.2) is 0 Å². The van der Waals surface area contributed by atoms with Crippen molar-refractivity contribution in [2.45, 2.75) is 25.8 Å². The summed E-state index contributed by atoms with van der Waals surface area (Å²) in [6.45, 7) is 5.90. The highest BCUT2D eigenvalue weighted by Gasteiger charge is 2.35. The highest BCUT2D eigenvalue weighted by Crippen LogP contribution is 2.38. The number of rotatable bonds is 4. The predicted molar refractivity (Wildman–Crippen MR) is 116 cm³/mol. The van der Waals surface area contributed by atoms with Crippen LogP contribution in [0, 0.1) is 0 Å². The summed E-state index contributed by atoms with van der Waals surface area (Å²) in [4.78, 5) is 32.7. The Morgan fingerprint density at radius 1 is 1.23 bits per heavy atom. The van der Waals surface area contributed by atoms with Crippen LogP contribution in [0.3, 0.4) is 0 Å². The lowest BCUT2D eigenvalue weighted by Crippen LogP contribution is -2.52. The molecule has 0 radical (unpaired) electrons. The minimum Gasteiger partial charge on any atom is -0.395 e. The number of hydrazine groups is 1. The summed E-state index contributed by atoms with van der Waals surface area (Å²) >= 11 is 0. The van der Waals surface area contributed by atoms with Crippen molar-refractivity contribution in [3.8, 4) is 5.88 Å². The van der Waals surface area contributed by atoms with Crippen molar-refractivity contribution in [2.24, 2.45) is 0 Å². The molecule has 2 aliphatic heterocycles. The summed E-state index contributed by atoms with van der Waals surface area (Å²) in [5, 5.41) is 11.2. The molecule has 1 saturated heterocycles. The maximum atomic E-state index is 13.0. The first kappa shape index (κ1) is 21.2. The fourth-order valence-corrected chi connectivity index (χ4v) is 4.25. The molecule has 1 unspecified atom stereocenters. The Hall–Kier alpha value is -3.01. The Labute approximate surface area is 181 Å². The molecule has 1 fully saturated rings. The summed E-state index contributed by atoms with van der Waals surface area (Å²) in [6, 6.07) is 10.8. The molecule has 2 amide bonds. The summed E-state index contributed by atoms with van der Waals surface area (Å²) in [5.74, 6) is 0.359. The molecule has 2 aromatic rings. The van der Waals surface area contributed by atoms with Crippen LogP contribution in [0.2, 0.25) is 0 Å². The maximum Gasteiger partial charge on any atom is 0.421 e. The quantitative estimate of drug-likeness (QED) is 0.770. The van der Waals surface area contributed by atoms with Gasteiger partial charge in [-0.2, -0.15) is 0 Å². The second-order valence-corrected chi connectivity index (χ2v) is 7.86. The maximum absolute atomic E-state index is 13.0. The standard InChI is InChI=1S/C22H27N5O4/c1-15-13-26(22(30)31-21-5-3-4-8-23-21)20-11-17(6-7-19(20)27(15)16(2)29)18-12-24-25(14-18)9-10-28/h3-8,11,15,18,24,28H,9-10,12-14H2,1-2H3/t15-,18?/m0/s1. The van der Waals surface area contributed by atoms with Crippen molar-refractivity contribution in [3.05, 3.63) is 48.2 Å². The summed E-state index contributed by atoms with van der Waals surface area (Å²) in [7, 11) is 0. The summed E-state index contributed by atoms with van der Waals surface area (Å²) < 4.78 is 5.49. The Balaban J connectivity index is 1.66. The molecule has 0 saturated carbocycles. The fraction of sp³-hybridized carbons (Fsp3) is 0.409. The number of aliphatic hydroxyl groups is 1. The monoisotopic (exact) mass is 425 g/mol. The lowest BCUT2D eigenvalue weighted by atomic mass is 9.97. The van der Waals surface area contributed by atoms with Gasteiger partial charge in [-0.1, -0.05) is 12.1 Å². The number of hydrogen-bond donors (Lipinski definition) is 2. The van der Waals surface area contributed by atoms with Gasteiger partial charge in [0.1, 0.15) is 0 Å². The van der Waals surface area contributed by atoms with E-state index in [1.165, 1.54) is 6.92 Å². The van der Waals surface area contributed by atoms with Gasteiger partial charge < -0.3 is 14.7 Å². The van der Waals surface area contributed by atoms with Crippen LogP contribution in [0.5, 0.6) is 5.88 Å². The average molecular weight is 425 g/mol. The number of aliphatic hydroxyl groups excluding tert-OH is 1.